The molecule has 1 heterocycles. The van der Waals surface area contributed by atoms with E-state index in [0.717, 1.165) is 36.8 Å². The van der Waals surface area contributed by atoms with Crippen molar-refractivity contribution < 1.29 is 33.3 Å². The minimum Gasteiger partial charge on any atom is -0.493 e. The Kier molecular flexibility index (Phi) is 6.30. The van der Waals surface area contributed by atoms with Crippen LogP contribution in [0.1, 0.15) is 48.5 Å². The predicted molar refractivity (Wildman–Crippen MR) is 113 cm³/mol. The molecule has 0 radical (unpaired) electrons. The first-order chi connectivity index (χ1) is 15.1. The molecule has 0 aromatic heterocycles. The Morgan fingerprint density at radius 2 is 1.81 bits per heavy atom. The zero-order chi connectivity index (χ0) is 21.8. The highest BCUT2D eigenvalue weighted by molar-refractivity contribution is 5.96. The number of benzene rings is 2. The summed E-state index contributed by atoms with van der Waals surface area (Å²) in [5.74, 6) is 0.499. The van der Waals surface area contributed by atoms with E-state index in [1.807, 2.05) is 19.1 Å². The molecule has 1 fully saturated rings. The number of hydrogen-bond acceptors (Lipinski definition) is 7. The third-order valence-corrected chi connectivity index (χ3v) is 5.55. The van der Waals surface area contributed by atoms with Crippen molar-refractivity contribution >= 4 is 11.9 Å². The second-order valence-electron chi connectivity index (χ2n) is 7.50. The quantitative estimate of drug-likeness (QED) is 0.582. The monoisotopic (exact) mass is 426 g/mol. The zero-order valence-electron chi connectivity index (χ0n) is 17.8. The van der Waals surface area contributed by atoms with Crippen LogP contribution in [-0.2, 0) is 20.9 Å². The topological polar surface area (TPSA) is 80.3 Å². The molecule has 2 aromatic carbocycles. The lowest BCUT2D eigenvalue weighted by molar-refractivity contribution is -0.151. The number of rotatable bonds is 8. The molecule has 2 aliphatic rings. The smallest absolute Gasteiger partial charge is 0.344 e. The van der Waals surface area contributed by atoms with Crippen LogP contribution >= 0.6 is 0 Å². The van der Waals surface area contributed by atoms with Crippen molar-refractivity contribution in [2.45, 2.75) is 45.3 Å². The lowest BCUT2D eigenvalue weighted by Gasteiger charge is -2.20. The Hall–Kier alpha value is -3.22. The van der Waals surface area contributed by atoms with Crippen LogP contribution < -0.4 is 14.2 Å². The fraction of sp³-hybridized carbons (Fsp3) is 0.417. The van der Waals surface area contributed by atoms with E-state index in [-0.39, 0.29) is 25.3 Å². The molecule has 0 atom stereocenters. The van der Waals surface area contributed by atoms with Crippen LogP contribution in [0.25, 0.3) is 11.1 Å². The van der Waals surface area contributed by atoms with E-state index in [2.05, 4.69) is 0 Å². The summed E-state index contributed by atoms with van der Waals surface area (Å²) in [6.45, 7) is 2.18. The fourth-order valence-corrected chi connectivity index (χ4v) is 4.10. The molecule has 0 unspecified atom stereocenters. The fourth-order valence-electron chi connectivity index (χ4n) is 4.10. The van der Waals surface area contributed by atoms with Crippen LogP contribution in [0.2, 0.25) is 0 Å². The summed E-state index contributed by atoms with van der Waals surface area (Å²) >= 11 is 0. The first-order valence-corrected chi connectivity index (χ1v) is 10.6. The van der Waals surface area contributed by atoms with Crippen LogP contribution in [0, 0.1) is 0 Å². The Morgan fingerprint density at radius 3 is 2.55 bits per heavy atom. The van der Waals surface area contributed by atoms with Gasteiger partial charge in [-0.25, -0.2) is 9.59 Å². The lowest BCUT2D eigenvalue weighted by Crippen LogP contribution is -2.21. The SMILES string of the molecule is CCOc1c(OC)ccc(-c2cccc3c2COC3=O)c1OCC(=O)OC1CCCC1. The lowest BCUT2D eigenvalue weighted by atomic mass is 9.95. The van der Waals surface area contributed by atoms with E-state index < -0.39 is 5.97 Å². The normalized spacial score (nSPS) is 15.4. The highest BCUT2D eigenvalue weighted by Crippen LogP contribution is 2.46. The summed E-state index contributed by atoms with van der Waals surface area (Å²) in [5, 5.41) is 0. The summed E-state index contributed by atoms with van der Waals surface area (Å²) in [7, 11) is 1.54. The average Bonchev–Trinajstić information content (AvgIpc) is 3.42. The van der Waals surface area contributed by atoms with Gasteiger partial charge in [-0.15, -0.1) is 0 Å². The van der Waals surface area contributed by atoms with Crippen LogP contribution in [0.15, 0.2) is 30.3 Å². The van der Waals surface area contributed by atoms with Crippen molar-refractivity contribution in [3.8, 4) is 28.4 Å². The summed E-state index contributed by atoms with van der Waals surface area (Å²) in [5.41, 5.74) is 2.77. The molecule has 0 N–H and O–H groups in total. The summed E-state index contributed by atoms with van der Waals surface area (Å²) in [4.78, 5) is 24.4. The van der Waals surface area contributed by atoms with Gasteiger partial charge < -0.3 is 23.7 Å². The number of carbonyl (C=O) groups is 2. The van der Waals surface area contributed by atoms with Gasteiger partial charge in [-0.05, 0) is 56.4 Å². The third kappa shape index (κ3) is 4.31. The van der Waals surface area contributed by atoms with Crippen LogP contribution in [0.3, 0.4) is 0 Å². The summed E-state index contributed by atoms with van der Waals surface area (Å²) < 4.78 is 28.0. The molecule has 4 rings (SSSR count). The van der Waals surface area contributed by atoms with E-state index in [9.17, 15) is 9.59 Å². The number of cyclic esters (lactones) is 1. The predicted octanol–water partition coefficient (Wildman–Crippen LogP) is 4.30. The van der Waals surface area contributed by atoms with Crippen molar-refractivity contribution in [3.05, 3.63) is 41.5 Å². The van der Waals surface area contributed by atoms with Gasteiger partial charge in [-0.3, -0.25) is 0 Å². The van der Waals surface area contributed by atoms with Gasteiger partial charge in [0.25, 0.3) is 0 Å². The largest absolute Gasteiger partial charge is 0.493 e. The molecule has 0 spiro atoms. The molecule has 2 aromatic rings. The standard InChI is InChI=1S/C24H26O7/c1-3-28-23-20(27-2)12-11-17(16-9-6-10-18-19(16)13-30-24(18)26)22(23)29-14-21(25)31-15-7-4-5-8-15/h6,9-12,15H,3-5,7-8,13-14H2,1-2H3. The maximum atomic E-state index is 12.4. The van der Waals surface area contributed by atoms with Crippen LogP contribution in [0.4, 0.5) is 0 Å². The number of ether oxygens (including phenoxy) is 5. The molecule has 0 saturated heterocycles. The number of methoxy groups -OCH3 is 1. The molecule has 7 heteroatoms. The highest BCUT2D eigenvalue weighted by Gasteiger charge is 2.28. The van der Waals surface area contributed by atoms with E-state index in [1.165, 1.54) is 0 Å². The maximum Gasteiger partial charge on any atom is 0.344 e. The Balaban J connectivity index is 1.69. The highest BCUT2D eigenvalue weighted by atomic mass is 16.6. The first kappa shape index (κ1) is 21.0. The molecule has 0 amide bonds. The molecule has 0 bridgehead atoms. The second kappa shape index (κ2) is 9.29. The third-order valence-electron chi connectivity index (χ3n) is 5.55. The van der Waals surface area contributed by atoms with Crippen LogP contribution in [0.5, 0.6) is 17.2 Å². The molecule has 164 valence electrons. The molecular weight excluding hydrogens is 400 g/mol. The summed E-state index contributed by atoms with van der Waals surface area (Å²) in [6, 6.07) is 9.03. The molecule has 1 saturated carbocycles. The first-order valence-electron chi connectivity index (χ1n) is 10.6. The van der Waals surface area contributed by atoms with Crippen molar-refractivity contribution in [1.82, 2.24) is 0 Å². The average molecular weight is 426 g/mol. The molecule has 7 nitrogen and oxygen atoms in total. The number of esters is 2. The second-order valence-corrected chi connectivity index (χ2v) is 7.50. The number of carbonyl (C=O) groups excluding carboxylic acids is 2. The Labute approximate surface area is 181 Å². The van der Waals surface area contributed by atoms with Gasteiger partial charge in [0.05, 0.1) is 19.3 Å². The van der Waals surface area contributed by atoms with E-state index in [4.69, 9.17) is 23.7 Å². The Bertz CT molecular complexity index is 976. The maximum absolute atomic E-state index is 12.4. The molecule has 31 heavy (non-hydrogen) atoms. The van der Waals surface area contributed by atoms with Gasteiger partial charge in [-0.2, -0.15) is 0 Å². The van der Waals surface area contributed by atoms with Crippen molar-refractivity contribution in [2.75, 3.05) is 20.3 Å². The van der Waals surface area contributed by atoms with Crippen LogP contribution in [-0.4, -0.2) is 38.4 Å². The van der Waals surface area contributed by atoms with Crippen molar-refractivity contribution in [3.63, 3.8) is 0 Å². The molecule has 1 aliphatic carbocycles. The van der Waals surface area contributed by atoms with Gasteiger partial charge >= 0.3 is 11.9 Å². The number of fused-ring (bicyclic) bond motifs is 1. The van der Waals surface area contributed by atoms with E-state index >= 15 is 0 Å². The van der Waals surface area contributed by atoms with Gasteiger partial charge in [0.15, 0.2) is 18.1 Å². The zero-order valence-corrected chi connectivity index (χ0v) is 17.8. The van der Waals surface area contributed by atoms with Gasteiger partial charge in [-0.1, -0.05) is 12.1 Å². The van der Waals surface area contributed by atoms with Gasteiger partial charge in [0.2, 0.25) is 5.75 Å². The van der Waals surface area contributed by atoms with Crippen molar-refractivity contribution in [2.24, 2.45) is 0 Å². The van der Waals surface area contributed by atoms with Gasteiger partial charge in [0.1, 0.15) is 12.7 Å². The Morgan fingerprint density at radius 1 is 1.03 bits per heavy atom. The van der Waals surface area contributed by atoms with E-state index in [1.54, 1.807) is 25.3 Å². The minimum atomic E-state index is -0.417. The summed E-state index contributed by atoms with van der Waals surface area (Å²) in [6.07, 6.45) is 3.91. The van der Waals surface area contributed by atoms with Gasteiger partial charge in [0, 0.05) is 11.1 Å². The number of hydrogen-bond donors (Lipinski definition) is 0. The molecular formula is C24H26O7. The van der Waals surface area contributed by atoms with E-state index in [0.29, 0.717) is 35.0 Å². The minimum absolute atomic E-state index is 0.0344. The molecule has 1 aliphatic heterocycles. The van der Waals surface area contributed by atoms with Crippen molar-refractivity contribution in [1.29, 1.82) is 0 Å².